The summed E-state index contributed by atoms with van der Waals surface area (Å²) in [4.78, 5) is 29.4. The molecule has 0 bridgehead atoms. The molecule has 0 saturated carbocycles. The third-order valence-corrected chi connectivity index (χ3v) is 8.41. The second kappa shape index (κ2) is 9.65. The number of rotatable bonds is 6. The first-order chi connectivity index (χ1) is 15.8. The van der Waals surface area contributed by atoms with Gasteiger partial charge in [0.05, 0.1) is 17.2 Å². The fourth-order valence-electron chi connectivity index (χ4n) is 3.73. The number of esters is 1. The SMILES string of the molecule is CCOC(=O)c1sc(NC(=O)C2CCN(S(=O)(=O)c3ccc4c(c3)OCCO4)CC2)nc1C. The number of fused-ring (bicyclic) bond motifs is 1. The maximum atomic E-state index is 13.1. The van der Waals surface area contributed by atoms with E-state index in [0.717, 1.165) is 11.3 Å². The molecule has 0 spiro atoms. The van der Waals surface area contributed by atoms with Crippen LogP contribution in [0.15, 0.2) is 23.1 Å². The van der Waals surface area contributed by atoms with E-state index in [1.807, 2.05) is 0 Å². The zero-order valence-electron chi connectivity index (χ0n) is 18.3. The lowest BCUT2D eigenvalue weighted by Crippen LogP contribution is -2.41. The minimum atomic E-state index is -3.72. The van der Waals surface area contributed by atoms with Crippen LogP contribution in [-0.2, 0) is 19.6 Å². The van der Waals surface area contributed by atoms with E-state index in [2.05, 4.69) is 10.3 Å². The molecule has 1 aromatic carbocycles. The van der Waals surface area contributed by atoms with Gasteiger partial charge in [0, 0.05) is 25.1 Å². The maximum Gasteiger partial charge on any atom is 0.350 e. The molecule has 0 unspecified atom stereocenters. The summed E-state index contributed by atoms with van der Waals surface area (Å²) in [5.41, 5.74) is 0.495. The zero-order valence-corrected chi connectivity index (χ0v) is 20.0. The maximum absolute atomic E-state index is 13.1. The first-order valence-electron chi connectivity index (χ1n) is 10.6. The number of aryl methyl sites for hydroxylation is 1. The van der Waals surface area contributed by atoms with Crippen molar-refractivity contribution in [1.82, 2.24) is 9.29 Å². The van der Waals surface area contributed by atoms with Gasteiger partial charge in [-0.05, 0) is 38.8 Å². The van der Waals surface area contributed by atoms with Gasteiger partial charge in [0.15, 0.2) is 16.6 Å². The van der Waals surface area contributed by atoms with Crippen LogP contribution in [0.3, 0.4) is 0 Å². The summed E-state index contributed by atoms with van der Waals surface area (Å²) in [6.45, 7) is 4.90. The van der Waals surface area contributed by atoms with E-state index in [4.69, 9.17) is 14.2 Å². The number of piperidine rings is 1. The van der Waals surface area contributed by atoms with Gasteiger partial charge in [0.25, 0.3) is 0 Å². The standard InChI is InChI=1S/C21H25N3O7S2/c1-3-29-20(26)18-13(2)22-21(32-18)23-19(25)14-6-8-24(9-7-14)33(27,28)15-4-5-16-17(12-15)31-11-10-30-16/h4-5,12,14H,3,6-11H2,1-2H3,(H,22,23,25). The van der Waals surface area contributed by atoms with Crippen LogP contribution in [-0.4, -0.2) is 62.5 Å². The average molecular weight is 496 g/mol. The predicted octanol–water partition coefficient (Wildman–Crippen LogP) is 2.44. The van der Waals surface area contributed by atoms with E-state index in [-0.39, 0.29) is 36.4 Å². The van der Waals surface area contributed by atoms with Crippen LogP contribution in [0.5, 0.6) is 11.5 Å². The smallest absolute Gasteiger partial charge is 0.350 e. The second-order valence-electron chi connectivity index (χ2n) is 7.63. The van der Waals surface area contributed by atoms with Gasteiger partial charge < -0.3 is 19.5 Å². The van der Waals surface area contributed by atoms with Gasteiger partial charge in [-0.1, -0.05) is 11.3 Å². The van der Waals surface area contributed by atoms with E-state index < -0.39 is 16.0 Å². The number of aromatic nitrogens is 1. The molecule has 1 amide bonds. The Kier molecular flexibility index (Phi) is 6.86. The van der Waals surface area contributed by atoms with Crippen molar-refractivity contribution in [2.24, 2.45) is 5.92 Å². The van der Waals surface area contributed by atoms with E-state index >= 15 is 0 Å². The van der Waals surface area contributed by atoms with E-state index in [9.17, 15) is 18.0 Å². The van der Waals surface area contributed by atoms with Crippen molar-refractivity contribution in [3.63, 3.8) is 0 Å². The van der Waals surface area contributed by atoms with Crippen molar-refractivity contribution < 1.29 is 32.2 Å². The quantitative estimate of drug-likeness (QED) is 0.606. The lowest BCUT2D eigenvalue weighted by Gasteiger charge is -2.30. The second-order valence-corrected chi connectivity index (χ2v) is 10.6. The lowest BCUT2D eigenvalue weighted by atomic mass is 9.97. The summed E-state index contributed by atoms with van der Waals surface area (Å²) in [6, 6.07) is 4.59. The topological polar surface area (TPSA) is 124 Å². The van der Waals surface area contributed by atoms with Crippen molar-refractivity contribution in [1.29, 1.82) is 0 Å². The molecule has 178 valence electrons. The molecule has 12 heteroatoms. The number of anilines is 1. The highest BCUT2D eigenvalue weighted by Crippen LogP contribution is 2.34. The number of nitrogens with zero attached hydrogens (tertiary/aromatic N) is 2. The summed E-state index contributed by atoms with van der Waals surface area (Å²) in [5.74, 6) is -0.121. The van der Waals surface area contributed by atoms with E-state index in [1.54, 1.807) is 19.9 Å². The van der Waals surface area contributed by atoms with Gasteiger partial charge in [-0.25, -0.2) is 18.2 Å². The summed E-state index contributed by atoms with van der Waals surface area (Å²) < 4.78 is 43.5. The first-order valence-corrected chi connectivity index (χ1v) is 12.9. The predicted molar refractivity (Wildman–Crippen MR) is 120 cm³/mol. The molecular formula is C21H25N3O7S2. The number of carbonyl (C=O) groups excluding carboxylic acids is 2. The zero-order chi connectivity index (χ0) is 23.6. The summed E-state index contributed by atoms with van der Waals surface area (Å²) in [5, 5.41) is 3.08. The van der Waals surface area contributed by atoms with Gasteiger partial charge in [-0.2, -0.15) is 4.31 Å². The van der Waals surface area contributed by atoms with Gasteiger partial charge in [-0.15, -0.1) is 0 Å². The molecule has 33 heavy (non-hydrogen) atoms. The van der Waals surface area contributed by atoms with Crippen LogP contribution in [0.2, 0.25) is 0 Å². The molecule has 0 radical (unpaired) electrons. The number of nitrogens with one attached hydrogen (secondary N) is 1. The number of amides is 1. The highest BCUT2D eigenvalue weighted by molar-refractivity contribution is 7.89. The Balaban J connectivity index is 1.37. The van der Waals surface area contributed by atoms with Crippen LogP contribution < -0.4 is 14.8 Å². The Morgan fingerprint density at radius 1 is 1.21 bits per heavy atom. The molecule has 2 aliphatic rings. The Hall–Kier alpha value is -2.70. The van der Waals surface area contributed by atoms with Crippen LogP contribution >= 0.6 is 11.3 Å². The number of carbonyl (C=O) groups is 2. The summed E-state index contributed by atoms with van der Waals surface area (Å²) in [6.07, 6.45) is 0.759. The molecular weight excluding hydrogens is 470 g/mol. The third-order valence-electron chi connectivity index (χ3n) is 5.46. The fourth-order valence-corrected chi connectivity index (χ4v) is 6.08. The van der Waals surface area contributed by atoms with Crippen molar-refractivity contribution in [2.45, 2.75) is 31.6 Å². The molecule has 1 N–H and O–H groups in total. The van der Waals surface area contributed by atoms with Gasteiger partial charge in [0.2, 0.25) is 15.9 Å². The lowest BCUT2D eigenvalue weighted by molar-refractivity contribution is -0.120. The highest BCUT2D eigenvalue weighted by Gasteiger charge is 2.33. The highest BCUT2D eigenvalue weighted by atomic mass is 32.2. The van der Waals surface area contributed by atoms with Crippen LogP contribution in [0.25, 0.3) is 0 Å². The summed E-state index contributed by atoms with van der Waals surface area (Å²) >= 11 is 1.07. The van der Waals surface area contributed by atoms with E-state index in [0.29, 0.717) is 53.3 Å². The first kappa shape index (κ1) is 23.5. The molecule has 3 heterocycles. The number of hydrogen-bond acceptors (Lipinski definition) is 9. The third kappa shape index (κ3) is 4.97. The molecule has 0 aliphatic carbocycles. The molecule has 2 aliphatic heterocycles. The number of ether oxygens (including phenoxy) is 3. The normalized spacial score (nSPS) is 16.9. The van der Waals surface area contributed by atoms with Gasteiger partial charge in [0.1, 0.15) is 18.1 Å². The minimum absolute atomic E-state index is 0.138. The Morgan fingerprint density at radius 3 is 2.61 bits per heavy atom. The van der Waals surface area contributed by atoms with E-state index in [1.165, 1.54) is 16.4 Å². The van der Waals surface area contributed by atoms with Crippen LogP contribution in [0.4, 0.5) is 5.13 Å². The Labute approximate surface area is 195 Å². The average Bonchev–Trinajstić information content (AvgIpc) is 3.18. The molecule has 10 nitrogen and oxygen atoms in total. The van der Waals surface area contributed by atoms with Gasteiger partial charge in [-0.3, -0.25) is 4.79 Å². The number of hydrogen-bond donors (Lipinski definition) is 1. The number of benzene rings is 1. The number of sulfonamides is 1. The Morgan fingerprint density at radius 2 is 1.91 bits per heavy atom. The molecule has 2 aromatic rings. The number of thiazole rings is 1. The van der Waals surface area contributed by atoms with Crippen molar-refractivity contribution in [2.75, 3.05) is 38.2 Å². The van der Waals surface area contributed by atoms with Crippen molar-refractivity contribution in [3.05, 3.63) is 28.8 Å². The molecule has 1 aromatic heterocycles. The fraction of sp³-hybridized carbons (Fsp3) is 0.476. The summed E-state index contributed by atoms with van der Waals surface area (Å²) in [7, 11) is -3.72. The molecule has 0 atom stereocenters. The molecule has 1 fully saturated rings. The molecule has 1 saturated heterocycles. The molecule has 4 rings (SSSR count). The van der Waals surface area contributed by atoms with Crippen molar-refractivity contribution in [3.8, 4) is 11.5 Å². The van der Waals surface area contributed by atoms with Crippen LogP contribution in [0, 0.1) is 12.8 Å². The monoisotopic (exact) mass is 495 g/mol. The van der Waals surface area contributed by atoms with Gasteiger partial charge >= 0.3 is 5.97 Å². The van der Waals surface area contributed by atoms with Crippen LogP contribution in [0.1, 0.15) is 35.1 Å². The Bertz CT molecular complexity index is 1150. The largest absolute Gasteiger partial charge is 0.486 e. The minimum Gasteiger partial charge on any atom is -0.486 e. The van der Waals surface area contributed by atoms with Crippen molar-refractivity contribution >= 4 is 38.4 Å².